The lowest BCUT2D eigenvalue weighted by molar-refractivity contribution is -0.135. The van der Waals surface area contributed by atoms with Gasteiger partial charge in [0.15, 0.2) is 0 Å². The van der Waals surface area contributed by atoms with Crippen LogP contribution in [0.3, 0.4) is 0 Å². The SMILES string of the molecule is CCCC(C(=O)N1CCC2(CCCC2)CC1)C(N)=S. The molecule has 3 nitrogen and oxygen atoms in total. The van der Waals surface area contributed by atoms with E-state index in [2.05, 4.69) is 6.92 Å². The highest BCUT2D eigenvalue weighted by molar-refractivity contribution is 7.80. The zero-order chi connectivity index (χ0) is 13.9. The van der Waals surface area contributed by atoms with Gasteiger partial charge in [-0.2, -0.15) is 0 Å². The smallest absolute Gasteiger partial charge is 0.232 e. The van der Waals surface area contributed by atoms with Crippen molar-refractivity contribution in [2.45, 2.75) is 58.3 Å². The van der Waals surface area contributed by atoms with Crippen molar-refractivity contribution in [1.29, 1.82) is 0 Å². The number of hydrogen-bond acceptors (Lipinski definition) is 2. The number of carbonyl (C=O) groups is 1. The Kier molecular flexibility index (Phi) is 4.82. The van der Waals surface area contributed by atoms with E-state index in [0.29, 0.717) is 10.4 Å². The molecule has 1 saturated carbocycles. The average Bonchev–Trinajstić information content (AvgIpc) is 2.84. The molecule has 2 aliphatic rings. The summed E-state index contributed by atoms with van der Waals surface area (Å²) >= 11 is 5.06. The fourth-order valence-electron chi connectivity index (χ4n) is 3.72. The summed E-state index contributed by atoms with van der Waals surface area (Å²) in [6.45, 7) is 3.88. The molecule has 2 rings (SSSR count). The second-order valence-corrected chi connectivity index (χ2v) is 6.75. The lowest BCUT2D eigenvalue weighted by atomic mass is 9.77. The maximum atomic E-state index is 12.5. The van der Waals surface area contributed by atoms with Gasteiger partial charge in [0.25, 0.3) is 0 Å². The van der Waals surface area contributed by atoms with Crippen molar-refractivity contribution in [2.24, 2.45) is 17.1 Å². The Balaban J connectivity index is 1.92. The lowest BCUT2D eigenvalue weighted by Gasteiger charge is -2.40. The molecule has 1 amide bonds. The van der Waals surface area contributed by atoms with E-state index in [1.807, 2.05) is 4.90 Å². The number of carbonyl (C=O) groups excluding carboxylic acids is 1. The number of thiocarbonyl (C=S) groups is 1. The largest absolute Gasteiger partial charge is 0.393 e. The van der Waals surface area contributed by atoms with Crippen molar-refractivity contribution in [1.82, 2.24) is 4.90 Å². The van der Waals surface area contributed by atoms with Gasteiger partial charge in [0, 0.05) is 13.1 Å². The molecule has 1 aliphatic heterocycles. The van der Waals surface area contributed by atoms with E-state index in [1.165, 1.54) is 38.5 Å². The van der Waals surface area contributed by atoms with Gasteiger partial charge in [-0.15, -0.1) is 0 Å². The van der Waals surface area contributed by atoms with E-state index < -0.39 is 0 Å². The average molecular weight is 282 g/mol. The lowest BCUT2D eigenvalue weighted by Crippen LogP contribution is -2.47. The van der Waals surface area contributed by atoms with Gasteiger partial charge in [0.2, 0.25) is 5.91 Å². The Morgan fingerprint density at radius 3 is 2.32 bits per heavy atom. The topological polar surface area (TPSA) is 46.3 Å². The minimum atomic E-state index is -0.238. The van der Waals surface area contributed by atoms with E-state index in [4.69, 9.17) is 18.0 Å². The van der Waals surface area contributed by atoms with Gasteiger partial charge < -0.3 is 10.6 Å². The Morgan fingerprint density at radius 2 is 1.84 bits per heavy atom. The van der Waals surface area contributed by atoms with Crippen LogP contribution in [-0.4, -0.2) is 28.9 Å². The highest BCUT2D eigenvalue weighted by Gasteiger charge is 2.39. The zero-order valence-corrected chi connectivity index (χ0v) is 12.8. The van der Waals surface area contributed by atoms with E-state index in [0.717, 1.165) is 25.9 Å². The van der Waals surface area contributed by atoms with Crippen molar-refractivity contribution in [3.05, 3.63) is 0 Å². The van der Waals surface area contributed by atoms with Crippen LogP contribution in [0.15, 0.2) is 0 Å². The molecular formula is C15H26N2OS. The maximum absolute atomic E-state index is 12.5. The van der Waals surface area contributed by atoms with Crippen LogP contribution in [0.25, 0.3) is 0 Å². The van der Waals surface area contributed by atoms with Crippen molar-refractivity contribution >= 4 is 23.1 Å². The number of piperidine rings is 1. The second-order valence-electron chi connectivity index (χ2n) is 6.28. The van der Waals surface area contributed by atoms with Crippen molar-refractivity contribution in [2.75, 3.05) is 13.1 Å². The van der Waals surface area contributed by atoms with Gasteiger partial charge in [-0.3, -0.25) is 4.79 Å². The molecule has 1 unspecified atom stereocenters. The normalized spacial score (nSPS) is 23.5. The highest BCUT2D eigenvalue weighted by atomic mass is 32.1. The predicted octanol–water partition coefficient (Wildman–Crippen LogP) is 2.87. The van der Waals surface area contributed by atoms with E-state index in [9.17, 15) is 4.79 Å². The number of nitrogens with two attached hydrogens (primary N) is 1. The Bertz CT molecular complexity index is 340. The Labute approximate surface area is 121 Å². The summed E-state index contributed by atoms with van der Waals surface area (Å²) in [6, 6.07) is 0. The van der Waals surface area contributed by atoms with Crippen LogP contribution in [0.5, 0.6) is 0 Å². The molecule has 1 spiro atoms. The first kappa shape index (κ1) is 14.8. The highest BCUT2D eigenvalue weighted by Crippen LogP contribution is 2.46. The molecule has 1 aliphatic carbocycles. The number of rotatable bonds is 4. The monoisotopic (exact) mass is 282 g/mol. The molecule has 0 aromatic carbocycles. The maximum Gasteiger partial charge on any atom is 0.232 e. The van der Waals surface area contributed by atoms with Gasteiger partial charge in [0.1, 0.15) is 0 Å². The minimum Gasteiger partial charge on any atom is -0.393 e. The molecule has 1 atom stereocenters. The second kappa shape index (κ2) is 6.21. The molecule has 19 heavy (non-hydrogen) atoms. The molecule has 4 heteroatoms. The van der Waals surface area contributed by atoms with Gasteiger partial charge in [-0.1, -0.05) is 38.4 Å². The first-order chi connectivity index (χ1) is 9.08. The fraction of sp³-hybridized carbons (Fsp3) is 0.867. The van der Waals surface area contributed by atoms with Crippen molar-refractivity contribution in [3.8, 4) is 0 Å². The molecular weight excluding hydrogens is 256 g/mol. The molecule has 2 N–H and O–H groups in total. The molecule has 1 heterocycles. The zero-order valence-electron chi connectivity index (χ0n) is 12.0. The van der Waals surface area contributed by atoms with Crippen LogP contribution >= 0.6 is 12.2 Å². The number of hydrogen-bond donors (Lipinski definition) is 1. The first-order valence-corrected chi connectivity index (χ1v) is 8.07. The van der Waals surface area contributed by atoms with E-state index in [-0.39, 0.29) is 11.8 Å². The van der Waals surface area contributed by atoms with Crippen LogP contribution in [0.1, 0.15) is 58.3 Å². The van der Waals surface area contributed by atoms with Crippen LogP contribution in [0.4, 0.5) is 0 Å². The Morgan fingerprint density at radius 1 is 1.26 bits per heavy atom. The number of amides is 1. The fourth-order valence-corrected chi connectivity index (χ4v) is 3.94. The number of nitrogens with zero attached hydrogens (tertiary/aromatic N) is 1. The number of likely N-dealkylation sites (tertiary alicyclic amines) is 1. The summed E-state index contributed by atoms with van der Waals surface area (Å²) in [6.07, 6.45) is 9.56. The molecule has 0 bridgehead atoms. The van der Waals surface area contributed by atoms with Gasteiger partial charge in [0.05, 0.1) is 10.9 Å². The van der Waals surface area contributed by atoms with Gasteiger partial charge >= 0.3 is 0 Å². The molecule has 2 fully saturated rings. The van der Waals surface area contributed by atoms with Crippen LogP contribution in [-0.2, 0) is 4.79 Å². The molecule has 1 saturated heterocycles. The summed E-state index contributed by atoms with van der Waals surface area (Å²) in [5.74, 6) is -0.0696. The van der Waals surface area contributed by atoms with Crippen molar-refractivity contribution < 1.29 is 4.79 Å². The third kappa shape index (κ3) is 3.28. The summed E-state index contributed by atoms with van der Waals surface area (Å²) in [5.41, 5.74) is 6.29. The first-order valence-electron chi connectivity index (χ1n) is 7.66. The van der Waals surface area contributed by atoms with E-state index >= 15 is 0 Å². The van der Waals surface area contributed by atoms with Crippen molar-refractivity contribution in [3.63, 3.8) is 0 Å². The summed E-state index contributed by atoms with van der Waals surface area (Å²) in [7, 11) is 0. The van der Waals surface area contributed by atoms with Crippen LogP contribution in [0.2, 0.25) is 0 Å². The summed E-state index contributed by atoms with van der Waals surface area (Å²) in [4.78, 5) is 14.9. The van der Waals surface area contributed by atoms with Crippen LogP contribution in [0, 0.1) is 11.3 Å². The summed E-state index contributed by atoms with van der Waals surface area (Å²) in [5, 5.41) is 0. The van der Waals surface area contributed by atoms with Gasteiger partial charge in [-0.25, -0.2) is 0 Å². The predicted molar refractivity (Wildman–Crippen MR) is 81.9 cm³/mol. The molecule has 0 aromatic rings. The van der Waals surface area contributed by atoms with Crippen LogP contribution < -0.4 is 5.73 Å². The molecule has 0 radical (unpaired) electrons. The van der Waals surface area contributed by atoms with E-state index in [1.54, 1.807) is 0 Å². The molecule has 108 valence electrons. The summed E-state index contributed by atoms with van der Waals surface area (Å²) < 4.78 is 0. The molecule has 0 aromatic heterocycles. The third-order valence-corrected chi connectivity index (χ3v) is 5.30. The quantitative estimate of drug-likeness (QED) is 0.807. The minimum absolute atomic E-state index is 0.169. The third-order valence-electron chi connectivity index (χ3n) is 5.02. The Hall–Kier alpha value is -0.640. The standard InChI is InChI=1S/C15H26N2OS/c1-2-5-12(13(16)19)14(18)17-10-8-15(9-11-17)6-3-4-7-15/h12H,2-11H2,1H3,(H2,16,19). The van der Waals surface area contributed by atoms with Gasteiger partial charge in [-0.05, 0) is 37.5 Å².